The average Bonchev–Trinajstić information content (AvgIpc) is 3.11. The van der Waals surface area contributed by atoms with E-state index in [0.717, 1.165) is 62.9 Å². The van der Waals surface area contributed by atoms with Gasteiger partial charge in [0.05, 0.1) is 6.61 Å². The minimum Gasteiger partial charge on any atom is -0.450 e. The topological polar surface area (TPSA) is 53.1 Å². The minimum atomic E-state index is -0.224. The van der Waals surface area contributed by atoms with Crippen LogP contribution in [0.2, 0.25) is 0 Å². The number of ether oxygens (including phenoxy) is 1. The average molecular weight is 472 g/mol. The Kier molecular flexibility index (Phi) is 6.34. The van der Waals surface area contributed by atoms with Gasteiger partial charge in [-0.15, -0.1) is 0 Å². The number of carbonyl (C=O) groups excluding carboxylic acids is 2. The Balaban J connectivity index is 1.30. The van der Waals surface area contributed by atoms with Crippen molar-refractivity contribution in [2.24, 2.45) is 5.92 Å². The summed E-state index contributed by atoms with van der Waals surface area (Å²) in [5.74, 6) is -0.193. The number of amides is 2. The zero-order valence-corrected chi connectivity index (χ0v) is 20.8. The number of carbonyl (C=O) groups is 2. The van der Waals surface area contributed by atoms with Gasteiger partial charge >= 0.3 is 6.09 Å². The zero-order chi connectivity index (χ0) is 24.0. The summed E-state index contributed by atoms with van der Waals surface area (Å²) in [5.41, 5.74) is 1.74. The first-order valence-corrected chi connectivity index (χ1v) is 13.1. The molecule has 6 nitrogen and oxygen atoms in total. The summed E-state index contributed by atoms with van der Waals surface area (Å²) in [5, 5.41) is 0. The van der Waals surface area contributed by atoms with E-state index >= 15 is 0 Å². The van der Waals surface area contributed by atoms with E-state index in [1.807, 2.05) is 30.6 Å². The van der Waals surface area contributed by atoms with Crippen LogP contribution in [0.4, 0.5) is 14.9 Å². The van der Waals surface area contributed by atoms with Crippen molar-refractivity contribution in [3.05, 3.63) is 29.6 Å². The maximum Gasteiger partial charge on any atom is 0.410 e. The Hall–Kier alpha value is -2.15. The van der Waals surface area contributed by atoms with Gasteiger partial charge in [0, 0.05) is 41.7 Å². The number of piperidine rings is 3. The number of benzene rings is 1. The molecule has 4 aliphatic rings. The summed E-state index contributed by atoms with van der Waals surface area (Å²) in [6, 6.07) is 5.95. The van der Waals surface area contributed by atoms with Crippen molar-refractivity contribution in [1.82, 2.24) is 9.80 Å². The first-order valence-electron chi connectivity index (χ1n) is 13.1. The highest BCUT2D eigenvalue weighted by Gasteiger charge is 2.49. The number of rotatable bonds is 3. The van der Waals surface area contributed by atoms with E-state index in [4.69, 9.17) is 4.74 Å². The van der Waals surface area contributed by atoms with Crippen LogP contribution in [-0.2, 0) is 14.9 Å². The van der Waals surface area contributed by atoms with Crippen LogP contribution in [0.15, 0.2) is 18.2 Å². The molecule has 2 atom stereocenters. The van der Waals surface area contributed by atoms with Crippen LogP contribution in [0.1, 0.15) is 71.3 Å². The van der Waals surface area contributed by atoms with E-state index in [0.29, 0.717) is 19.2 Å². The molecule has 0 aliphatic carbocycles. The quantitative estimate of drug-likeness (QED) is 0.641. The van der Waals surface area contributed by atoms with E-state index in [1.54, 1.807) is 12.1 Å². The lowest BCUT2D eigenvalue weighted by Crippen LogP contribution is -2.60. The third kappa shape index (κ3) is 4.00. The molecule has 0 saturated carbocycles. The van der Waals surface area contributed by atoms with Gasteiger partial charge < -0.3 is 19.4 Å². The SMILES string of the molecule is CCOC(=O)N1C2CCCC1CC(N1CCC3(CC1)CN(C(=O)C(C)C)c1ccc(F)cc13)C2. The van der Waals surface area contributed by atoms with E-state index in [9.17, 15) is 14.0 Å². The molecule has 2 amide bonds. The Morgan fingerprint density at radius 2 is 1.79 bits per heavy atom. The molecule has 0 N–H and O–H groups in total. The number of likely N-dealkylation sites (tertiary alicyclic amines) is 1. The number of fused-ring (bicyclic) bond motifs is 4. The number of hydrogen-bond donors (Lipinski definition) is 0. The van der Waals surface area contributed by atoms with E-state index < -0.39 is 0 Å². The third-order valence-corrected chi connectivity index (χ3v) is 8.74. The minimum absolute atomic E-state index is 0.0860. The number of nitrogens with zero attached hydrogens (tertiary/aromatic N) is 3. The van der Waals surface area contributed by atoms with Crippen molar-refractivity contribution in [3.63, 3.8) is 0 Å². The fourth-order valence-electron chi connectivity index (χ4n) is 7.04. The van der Waals surface area contributed by atoms with E-state index in [1.165, 1.54) is 12.5 Å². The normalized spacial score (nSPS) is 28.3. The molecule has 1 aromatic carbocycles. The molecule has 1 aromatic rings. The van der Waals surface area contributed by atoms with Crippen molar-refractivity contribution in [3.8, 4) is 0 Å². The molecule has 1 spiro atoms. The highest BCUT2D eigenvalue weighted by atomic mass is 19.1. The van der Waals surface area contributed by atoms with Crippen molar-refractivity contribution < 1.29 is 18.7 Å². The zero-order valence-electron chi connectivity index (χ0n) is 20.8. The molecule has 34 heavy (non-hydrogen) atoms. The molecule has 5 rings (SSSR count). The Labute approximate surface area is 202 Å². The summed E-state index contributed by atoms with van der Waals surface area (Å²) in [7, 11) is 0. The molecule has 7 heteroatoms. The summed E-state index contributed by atoms with van der Waals surface area (Å²) in [6.45, 7) is 8.70. The summed E-state index contributed by atoms with van der Waals surface area (Å²) < 4.78 is 19.6. The molecular formula is C27H38FN3O3. The second-order valence-corrected chi connectivity index (χ2v) is 11.0. The second kappa shape index (κ2) is 9.14. The summed E-state index contributed by atoms with van der Waals surface area (Å²) in [4.78, 5) is 32.1. The predicted octanol–water partition coefficient (Wildman–Crippen LogP) is 4.70. The van der Waals surface area contributed by atoms with E-state index in [-0.39, 0.29) is 41.2 Å². The van der Waals surface area contributed by atoms with E-state index in [2.05, 4.69) is 4.90 Å². The van der Waals surface area contributed by atoms with Gasteiger partial charge in [-0.2, -0.15) is 0 Å². The lowest BCUT2D eigenvalue weighted by atomic mass is 9.73. The van der Waals surface area contributed by atoms with Gasteiger partial charge in [-0.1, -0.05) is 13.8 Å². The van der Waals surface area contributed by atoms with Crippen molar-refractivity contribution in [1.29, 1.82) is 0 Å². The molecular weight excluding hydrogens is 433 g/mol. The summed E-state index contributed by atoms with van der Waals surface area (Å²) >= 11 is 0. The van der Waals surface area contributed by atoms with Crippen molar-refractivity contribution >= 4 is 17.7 Å². The van der Waals surface area contributed by atoms with Crippen molar-refractivity contribution in [2.45, 2.75) is 89.3 Å². The molecule has 0 radical (unpaired) electrons. The highest BCUT2D eigenvalue weighted by Crippen LogP contribution is 2.48. The van der Waals surface area contributed by atoms with Crippen LogP contribution < -0.4 is 4.90 Å². The highest BCUT2D eigenvalue weighted by molar-refractivity contribution is 5.97. The Morgan fingerprint density at radius 3 is 2.41 bits per heavy atom. The predicted molar refractivity (Wildman–Crippen MR) is 129 cm³/mol. The maximum absolute atomic E-state index is 14.3. The van der Waals surface area contributed by atoms with Crippen LogP contribution >= 0.6 is 0 Å². The first kappa shape index (κ1) is 23.6. The third-order valence-electron chi connectivity index (χ3n) is 8.74. The Morgan fingerprint density at radius 1 is 1.12 bits per heavy atom. The van der Waals surface area contributed by atoms with Crippen LogP contribution in [0.3, 0.4) is 0 Å². The molecule has 4 heterocycles. The molecule has 0 aromatic heterocycles. The fourth-order valence-corrected chi connectivity index (χ4v) is 7.04. The van der Waals surface area contributed by atoms with Gasteiger partial charge in [0.1, 0.15) is 5.82 Å². The lowest BCUT2D eigenvalue weighted by molar-refractivity contribution is -0.121. The van der Waals surface area contributed by atoms with Gasteiger partial charge in [0.2, 0.25) is 5.91 Å². The number of hydrogen-bond acceptors (Lipinski definition) is 4. The maximum atomic E-state index is 14.3. The number of halogens is 1. The smallest absolute Gasteiger partial charge is 0.410 e. The van der Waals surface area contributed by atoms with Crippen molar-refractivity contribution in [2.75, 3.05) is 31.1 Å². The summed E-state index contributed by atoms with van der Waals surface area (Å²) in [6.07, 6.45) is 7.02. The van der Waals surface area contributed by atoms with Crippen LogP contribution in [-0.4, -0.2) is 66.2 Å². The molecule has 2 unspecified atom stereocenters. The fraction of sp³-hybridized carbons (Fsp3) is 0.704. The molecule has 186 valence electrons. The molecule has 4 aliphatic heterocycles. The van der Waals surface area contributed by atoms with Crippen LogP contribution in [0, 0.1) is 11.7 Å². The van der Waals surface area contributed by atoms with Gasteiger partial charge in [-0.3, -0.25) is 4.79 Å². The lowest BCUT2D eigenvalue weighted by Gasteiger charge is -2.52. The van der Waals surface area contributed by atoms with Gasteiger partial charge in [0.25, 0.3) is 0 Å². The van der Waals surface area contributed by atoms with Gasteiger partial charge in [-0.05, 0) is 88.7 Å². The molecule has 2 bridgehead atoms. The number of anilines is 1. The molecule has 3 fully saturated rings. The molecule has 3 saturated heterocycles. The largest absolute Gasteiger partial charge is 0.450 e. The first-order chi connectivity index (χ1) is 16.3. The standard InChI is InChI=1S/C27H38FN3O3/c1-4-34-26(33)31-20-6-5-7-21(31)16-22(15-20)29-12-10-27(11-13-29)17-30(25(32)18(2)3)24-9-8-19(28)14-23(24)27/h8-9,14,18,20-22H,4-7,10-13,15-17H2,1-3H3. The van der Waals surface area contributed by atoms with Crippen LogP contribution in [0.5, 0.6) is 0 Å². The second-order valence-electron chi connectivity index (χ2n) is 11.0. The van der Waals surface area contributed by atoms with Crippen LogP contribution in [0.25, 0.3) is 0 Å². The monoisotopic (exact) mass is 471 g/mol. The van der Waals surface area contributed by atoms with Gasteiger partial charge in [0.15, 0.2) is 0 Å². The van der Waals surface area contributed by atoms with Gasteiger partial charge in [-0.25, -0.2) is 9.18 Å². The Bertz CT molecular complexity index is 929.